The van der Waals surface area contributed by atoms with Crippen molar-refractivity contribution >= 4 is 116 Å². The Balaban J connectivity index is 1.49. The normalized spacial score (nSPS) is 23.6. The highest BCUT2D eigenvalue weighted by molar-refractivity contribution is 7.44. The summed E-state index contributed by atoms with van der Waals surface area (Å²) in [6.07, 6.45) is -13.0. The third kappa shape index (κ3) is 48.7. The molecule has 786 valence electrons. The van der Waals surface area contributed by atoms with Gasteiger partial charge in [0.1, 0.15) is 74.2 Å². The van der Waals surface area contributed by atoms with E-state index in [-0.39, 0.29) is 181 Å². The van der Waals surface area contributed by atoms with Crippen LogP contribution in [0.25, 0.3) is 0 Å². The molecule has 17 unspecified atom stereocenters. The summed E-state index contributed by atoms with van der Waals surface area (Å²) >= 11 is 0. The molecule has 0 aromatic carbocycles. The largest absolute Gasteiger partial charge is 0.463 e. The number of rotatable bonds is 67. The third-order valence-corrected chi connectivity index (χ3v) is 22.4. The number of hydrogen-bond acceptors (Lipinski definition) is 43. The molecule has 4 aliphatic rings. The van der Waals surface area contributed by atoms with Crippen LogP contribution in [0.3, 0.4) is 0 Å². The molecule has 50 nitrogen and oxygen atoms in total. The number of hydrogen-bond donors (Lipinski definition) is 9. The van der Waals surface area contributed by atoms with E-state index in [4.69, 9.17) is 114 Å². The van der Waals surface area contributed by atoms with Gasteiger partial charge in [0.05, 0.1) is 112 Å². The van der Waals surface area contributed by atoms with E-state index in [1.807, 2.05) is 27.7 Å². The molecular weight excluding hydrogens is 1860 g/mol. The van der Waals surface area contributed by atoms with Crippen LogP contribution in [0.1, 0.15) is 169 Å². The van der Waals surface area contributed by atoms with Crippen LogP contribution in [0, 0.1) is 11.3 Å². The first-order valence-corrected chi connectivity index (χ1v) is 46.9. The molecule has 3 saturated heterocycles. The highest BCUT2D eigenvalue weighted by Gasteiger charge is 2.55. The fourth-order valence-corrected chi connectivity index (χ4v) is 16.4. The zero-order chi connectivity index (χ0) is 102. The van der Waals surface area contributed by atoms with Crippen molar-refractivity contribution in [3.05, 3.63) is 0 Å². The van der Waals surface area contributed by atoms with Gasteiger partial charge in [-0.25, -0.2) is 4.67 Å². The summed E-state index contributed by atoms with van der Waals surface area (Å²) in [5, 5.41) is 29.8. The van der Waals surface area contributed by atoms with Crippen molar-refractivity contribution in [3.8, 4) is 0 Å². The average Bonchev–Trinajstić information content (AvgIpc) is 0.792. The predicted molar refractivity (Wildman–Crippen MR) is 476 cm³/mol. The Kier molecular flexibility index (Phi) is 58.2. The van der Waals surface area contributed by atoms with Crippen LogP contribution in [-0.4, -0.2) is 386 Å². The standard InChI is InChI=1S/C87H143N10O40P/c1-51(2)97(52(3)4)138(127-31-17-26-88)137-66-21-19-65(20-22-66)83(114)96-87(50-120-34-25-72(112)92-30-36-116-38-41-122-85-75(94-54(6)99)81(132-63(15)108)78(129-60(12)105)68(135-85)45-125-57(9)102,49-119-33-24-71(111)91-29-35-115-37-40-121-84-74(93-43-53(5)98)80(131-62(14)107)77(128-59(11)104)67(134-84)44-124-56(8)101)48-118-32-23-70(110)89-27-18-28-90-73(113)47-117-39-42-123-86-76(95-55(7)100)82(133-64(16)109)79(130-61(13)106)69(136-86)46-126-58(10)103/h26,51-52,65-69,74-82,84-86,88,93H,17-25,27-50H2,1-16H3,(H,89,110)(H,90,113)(H,91,111)(H,92,112)(H,94,99)(H,95,100)(H,96,114). The lowest BCUT2D eigenvalue weighted by Crippen LogP contribution is -2.66. The molecule has 0 aromatic heterocycles. The first-order chi connectivity index (χ1) is 65.5. The zero-order valence-corrected chi connectivity index (χ0v) is 82.5. The van der Waals surface area contributed by atoms with E-state index in [9.17, 15) is 81.5 Å². The lowest BCUT2D eigenvalue weighted by molar-refractivity contribution is -0.279. The van der Waals surface area contributed by atoms with Crippen LogP contribution in [0.5, 0.6) is 0 Å². The molecule has 17 atom stereocenters. The number of ether oxygens (including phenoxy) is 21. The second kappa shape index (κ2) is 66.4. The summed E-state index contributed by atoms with van der Waals surface area (Å²) in [5.74, 6) is -11.2. The number of carbonyl (C=O) groups is 17. The van der Waals surface area contributed by atoms with Gasteiger partial charge in [-0.2, -0.15) is 0 Å². The van der Waals surface area contributed by atoms with Crippen LogP contribution in [0.4, 0.5) is 0 Å². The lowest BCUT2D eigenvalue weighted by atomic mass is 9.86. The molecule has 7 amide bonds. The number of amides is 7. The molecule has 0 spiro atoms. The van der Waals surface area contributed by atoms with Gasteiger partial charge in [-0.15, -0.1) is 0 Å². The van der Waals surface area contributed by atoms with Crippen molar-refractivity contribution in [2.45, 2.75) is 284 Å². The second-order valence-electron chi connectivity index (χ2n) is 33.1. The Bertz CT molecular complexity index is 3840. The highest BCUT2D eigenvalue weighted by Crippen LogP contribution is 2.49. The van der Waals surface area contributed by atoms with E-state index < -0.39 is 233 Å². The fourth-order valence-electron chi connectivity index (χ4n) is 14.6. The Hall–Kier alpha value is -9.35. The summed E-state index contributed by atoms with van der Waals surface area (Å²) in [6, 6.07) is -3.46. The molecule has 9 N–H and O–H groups in total. The minimum atomic E-state index is -1.58. The lowest BCUT2D eigenvalue weighted by Gasteiger charge is -2.45. The Morgan fingerprint density at radius 3 is 1.12 bits per heavy atom. The molecule has 1 aliphatic carbocycles. The van der Waals surface area contributed by atoms with Crippen LogP contribution in [0.2, 0.25) is 0 Å². The minimum absolute atomic E-state index is 0.00607. The number of esters is 9. The van der Waals surface area contributed by atoms with Gasteiger partial charge in [0.25, 0.3) is 8.53 Å². The Morgan fingerprint density at radius 1 is 0.406 bits per heavy atom. The molecule has 0 bridgehead atoms. The van der Waals surface area contributed by atoms with Gasteiger partial charge in [-0.05, 0) is 72.9 Å². The summed E-state index contributed by atoms with van der Waals surface area (Å²) < 4.78 is 135. The topological polar surface area (TPSA) is 626 Å². The SMILES string of the molecule is CC(=O)CNC1C(OCCOCCNC(=O)CCOCC(COCCC(=O)NCCCNC(=O)COCCOC2OC(COC(C)=O)C(OC(C)=O)C(OC(C)=O)C2NC(C)=O)(COCCC(=O)NCCOCCOC2OC(COC(C)=O)C(OC(C)=O)C(OC(C)=O)C2NC(C)=O)NC(=O)C2CCC(OP(OCCC=N)N(C(C)C)C(C)C)CC2)OC(COC(C)=O)C(OC(C)=O)C1OC(C)=O. The van der Waals surface area contributed by atoms with Gasteiger partial charge in [0.2, 0.25) is 41.4 Å². The van der Waals surface area contributed by atoms with E-state index in [1.165, 1.54) is 27.0 Å². The van der Waals surface area contributed by atoms with E-state index >= 15 is 0 Å². The maximum Gasteiger partial charge on any atom is 0.303 e. The average molecular weight is 2000 g/mol. The first kappa shape index (κ1) is 121. The van der Waals surface area contributed by atoms with Gasteiger partial charge >= 0.3 is 53.7 Å². The van der Waals surface area contributed by atoms with Crippen LogP contribution in [-0.2, 0) is 190 Å². The molecule has 138 heavy (non-hydrogen) atoms. The first-order valence-electron chi connectivity index (χ1n) is 45.8. The molecule has 3 heterocycles. The molecule has 0 aromatic rings. The number of nitrogens with one attached hydrogen (secondary N) is 9. The smallest absolute Gasteiger partial charge is 0.303 e. The highest BCUT2D eigenvalue weighted by atomic mass is 31.2. The molecule has 1 saturated carbocycles. The number of carbonyl (C=O) groups excluding carboxylic acids is 17. The van der Waals surface area contributed by atoms with Gasteiger partial charge in [0, 0.05) is 146 Å². The van der Waals surface area contributed by atoms with Crippen molar-refractivity contribution in [1.29, 1.82) is 5.41 Å². The maximum atomic E-state index is 14.9. The van der Waals surface area contributed by atoms with Crippen molar-refractivity contribution in [2.75, 3.05) is 158 Å². The number of ketones is 1. The fraction of sp³-hybridized carbons (Fsp3) is 0.793. The van der Waals surface area contributed by atoms with Crippen molar-refractivity contribution in [2.24, 2.45) is 5.92 Å². The molecule has 51 heteroatoms. The van der Waals surface area contributed by atoms with Crippen LogP contribution < -0.4 is 42.5 Å². The van der Waals surface area contributed by atoms with E-state index in [2.05, 4.69) is 47.2 Å². The molecule has 4 fully saturated rings. The van der Waals surface area contributed by atoms with Gasteiger partial charge in [-0.1, -0.05) is 0 Å². The number of Topliss-reactive ketones (excluding diaryl/α,β-unsaturated/α-hetero) is 1. The van der Waals surface area contributed by atoms with Gasteiger partial charge in [-0.3, -0.25) is 86.8 Å². The summed E-state index contributed by atoms with van der Waals surface area (Å²) in [6.45, 7) is 17.5. The molecular formula is C87H143N10O40P. The predicted octanol–water partition coefficient (Wildman–Crippen LogP) is -0.996. The number of nitrogens with zero attached hydrogens (tertiary/aromatic N) is 1. The van der Waals surface area contributed by atoms with Crippen LogP contribution >= 0.6 is 8.53 Å². The van der Waals surface area contributed by atoms with E-state index in [1.54, 1.807) is 0 Å². The molecule has 4 rings (SSSR count). The van der Waals surface area contributed by atoms with Crippen molar-refractivity contribution in [3.63, 3.8) is 0 Å². The Morgan fingerprint density at radius 2 is 0.761 bits per heavy atom. The molecule has 3 aliphatic heterocycles. The Labute approximate surface area is 803 Å². The van der Waals surface area contributed by atoms with Gasteiger partial charge < -0.3 is 151 Å². The second-order valence-corrected chi connectivity index (χ2v) is 34.5. The van der Waals surface area contributed by atoms with E-state index in [0.29, 0.717) is 32.1 Å². The summed E-state index contributed by atoms with van der Waals surface area (Å²) in [4.78, 5) is 214. The van der Waals surface area contributed by atoms with Crippen molar-refractivity contribution in [1.82, 2.24) is 47.2 Å². The van der Waals surface area contributed by atoms with E-state index in [0.717, 1.165) is 62.3 Å². The van der Waals surface area contributed by atoms with Crippen molar-refractivity contribution < 1.29 is 190 Å². The molecule has 0 radical (unpaired) electrons. The monoisotopic (exact) mass is 2000 g/mol. The summed E-state index contributed by atoms with van der Waals surface area (Å²) in [5.41, 5.74) is -1.58. The quantitative estimate of drug-likeness (QED) is 0.0116. The minimum Gasteiger partial charge on any atom is -0.463 e. The maximum absolute atomic E-state index is 14.9. The summed E-state index contributed by atoms with van der Waals surface area (Å²) in [7, 11) is -1.57. The zero-order valence-electron chi connectivity index (χ0n) is 81.6. The van der Waals surface area contributed by atoms with Crippen LogP contribution in [0.15, 0.2) is 0 Å². The third-order valence-electron chi connectivity index (χ3n) is 20.3. The van der Waals surface area contributed by atoms with Gasteiger partial charge in [0.15, 0.2) is 55.5 Å².